The minimum atomic E-state index is 0.0370. The molecule has 1 aromatic rings. The summed E-state index contributed by atoms with van der Waals surface area (Å²) in [6.45, 7) is 6.33. The first-order valence-electron chi connectivity index (χ1n) is 6.51. The molecule has 1 fully saturated rings. The molecule has 19 heavy (non-hydrogen) atoms. The molecule has 1 amide bonds. The van der Waals surface area contributed by atoms with Crippen molar-refractivity contribution in [3.05, 3.63) is 28.8 Å². The molecular formula is C14H20ClN3O. The maximum absolute atomic E-state index is 12.0. The highest BCUT2D eigenvalue weighted by molar-refractivity contribution is 6.30. The van der Waals surface area contributed by atoms with Gasteiger partial charge in [0.05, 0.1) is 6.54 Å². The quantitative estimate of drug-likeness (QED) is 0.918. The minimum absolute atomic E-state index is 0.0370. The van der Waals surface area contributed by atoms with E-state index in [4.69, 9.17) is 11.6 Å². The molecule has 104 valence electrons. The van der Waals surface area contributed by atoms with Gasteiger partial charge in [-0.05, 0) is 37.7 Å². The van der Waals surface area contributed by atoms with Crippen molar-refractivity contribution in [1.82, 2.24) is 9.80 Å². The van der Waals surface area contributed by atoms with E-state index in [0.29, 0.717) is 11.6 Å². The third kappa shape index (κ3) is 4.20. The Morgan fingerprint density at radius 1 is 1.32 bits per heavy atom. The zero-order valence-corrected chi connectivity index (χ0v) is 12.2. The number of rotatable bonds is 3. The van der Waals surface area contributed by atoms with Gasteiger partial charge in [-0.2, -0.15) is 0 Å². The van der Waals surface area contributed by atoms with Crippen LogP contribution in [0.25, 0.3) is 0 Å². The van der Waals surface area contributed by atoms with E-state index in [9.17, 15) is 4.79 Å². The maximum atomic E-state index is 12.0. The van der Waals surface area contributed by atoms with Crippen molar-refractivity contribution < 1.29 is 4.79 Å². The molecule has 0 saturated carbocycles. The standard InChI is InChI=1S/C14H20ClN3O/c1-11-9-12(15)3-4-13(11)16-14(19)10-18-7-5-17(2)6-8-18/h3-4,9H,5-8,10H2,1-2H3,(H,16,19). The molecular weight excluding hydrogens is 262 g/mol. The Labute approximate surface area is 119 Å². The van der Waals surface area contributed by atoms with Crippen LogP contribution < -0.4 is 5.32 Å². The van der Waals surface area contributed by atoms with Crippen LogP contribution in [0.1, 0.15) is 5.56 Å². The van der Waals surface area contributed by atoms with Crippen molar-refractivity contribution in [2.45, 2.75) is 6.92 Å². The zero-order chi connectivity index (χ0) is 13.8. The summed E-state index contributed by atoms with van der Waals surface area (Å²) in [5.41, 5.74) is 1.82. The normalized spacial score (nSPS) is 17.4. The van der Waals surface area contributed by atoms with Gasteiger partial charge >= 0.3 is 0 Å². The number of carbonyl (C=O) groups excluding carboxylic acids is 1. The van der Waals surface area contributed by atoms with Gasteiger partial charge in [0, 0.05) is 36.9 Å². The Hall–Kier alpha value is -1.10. The first-order valence-corrected chi connectivity index (χ1v) is 6.89. The molecule has 5 heteroatoms. The summed E-state index contributed by atoms with van der Waals surface area (Å²) in [5, 5.41) is 3.63. The summed E-state index contributed by atoms with van der Waals surface area (Å²) >= 11 is 5.90. The molecule has 1 heterocycles. The number of nitrogens with zero attached hydrogens (tertiary/aromatic N) is 2. The van der Waals surface area contributed by atoms with Gasteiger partial charge in [0.15, 0.2) is 0 Å². The molecule has 1 saturated heterocycles. The number of carbonyl (C=O) groups is 1. The van der Waals surface area contributed by atoms with Gasteiger partial charge in [-0.1, -0.05) is 11.6 Å². The van der Waals surface area contributed by atoms with Gasteiger partial charge in [0.25, 0.3) is 0 Å². The average molecular weight is 282 g/mol. The molecule has 4 nitrogen and oxygen atoms in total. The number of halogens is 1. The van der Waals surface area contributed by atoms with E-state index in [1.54, 1.807) is 6.07 Å². The lowest BCUT2D eigenvalue weighted by atomic mass is 10.2. The summed E-state index contributed by atoms with van der Waals surface area (Å²) < 4.78 is 0. The third-order valence-electron chi connectivity index (χ3n) is 3.43. The van der Waals surface area contributed by atoms with Gasteiger partial charge in [-0.15, -0.1) is 0 Å². The van der Waals surface area contributed by atoms with Gasteiger partial charge in [-0.25, -0.2) is 0 Å². The summed E-state index contributed by atoms with van der Waals surface area (Å²) in [5.74, 6) is 0.0370. The van der Waals surface area contributed by atoms with Crippen LogP contribution in [0.4, 0.5) is 5.69 Å². The van der Waals surface area contributed by atoms with Crippen LogP contribution in [0.5, 0.6) is 0 Å². The number of hydrogen-bond donors (Lipinski definition) is 1. The Bertz CT molecular complexity index is 456. The number of aryl methyl sites for hydroxylation is 1. The molecule has 0 bridgehead atoms. The zero-order valence-electron chi connectivity index (χ0n) is 11.4. The molecule has 0 atom stereocenters. The van der Waals surface area contributed by atoms with Crippen LogP contribution in [-0.2, 0) is 4.79 Å². The van der Waals surface area contributed by atoms with Crippen LogP contribution >= 0.6 is 11.6 Å². The lowest BCUT2D eigenvalue weighted by molar-refractivity contribution is -0.117. The minimum Gasteiger partial charge on any atom is -0.325 e. The highest BCUT2D eigenvalue weighted by Gasteiger charge is 2.16. The fourth-order valence-electron chi connectivity index (χ4n) is 2.17. The van der Waals surface area contributed by atoms with Crippen LogP contribution in [0.2, 0.25) is 5.02 Å². The first kappa shape index (κ1) is 14.3. The third-order valence-corrected chi connectivity index (χ3v) is 3.66. The molecule has 1 aliphatic heterocycles. The molecule has 1 N–H and O–H groups in total. The van der Waals surface area contributed by atoms with E-state index in [1.807, 2.05) is 19.1 Å². The number of piperazine rings is 1. The van der Waals surface area contributed by atoms with E-state index in [1.165, 1.54) is 0 Å². The summed E-state index contributed by atoms with van der Waals surface area (Å²) in [4.78, 5) is 16.5. The fourth-order valence-corrected chi connectivity index (χ4v) is 2.39. The fraction of sp³-hybridized carbons (Fsp3) is 0.500. The first-order chi connectivity index (χ1) is 9.04. The average Bonchev–Trinajstić information content (AvgIpc) is 2.36. The van der Waals surface area contributed by atoms with Crippen LogP contribution in [0, 0.1) is 6.92 Å². The highest BCUT2D eigenvalue weighted by atomic mass is 35.5. The molecule has 0 radical (unpaired) electrons. The number of likely N-dealkylation sites (N-methyl/N-ethyl adjacent to an activating group) is 1. The topological polar surface area (TPSA) is 35.6 Å². The Morgan fingerprint density at radius 3 is 2.63 bits per heavy atom. The predicted octanol–water partition coefficient (Wildman–Crippen LogP) is 1.83. The Balaban J connectivity index is 1.87. The molecule has 1 aromatic carbocycles. The Morgan fingerprint density at radius 2 is 2.00 bits per heavy atom. The smallest absolute Gasteiger partial charge is 0.238 e. The molecule has 0 aliphatic carbocycles. The van der Waals surface area contributed by atoms with Crippen molar-refractivity contribution in [2.24, 2.45) is 0 Å². The lowest BCUT2D eigenvalue weighted by Gasteiger charge is -2.31. The second-order valence-electron chi connectivity index (χ2n) is 5.09. The highest BCUT2D eigenvalue weighted by Crippen LogP contribution is 2.19. The van der Waals surface area contributed by atoms with Crippen molar-refractivity contribution in [2.75, 3.05) is 45.1 Å². The van der Waals surface area contributed by atoms with E-state index in [-0.39, 0.29) is 5.91 Å². The number of amides is 1. The molecule has 2 rings (SSSR count). The molecule has 0 spiro atoms. The van der Waals surface area contributed by atoms with Gasteiger partial charge < -0.3 is 10.2 Å². The van der Waals surface area contributed by atoms with Crippen LogP contribution in [0.3, 0.4) is 0 Å². The van der Waals surface area contributed by atoms with Crippen molar-refractivity contribution in [3.8, 4) is 0 Å². The molecule has 0 aromatic heterocycles. The largest absolute Gasteiger partial charge is 0.325 e. The summed E-state index contributed by atoms with van der Waals surface area (Å²) in [6.07, 6.45) is 0. The predicted molar refractivity (Wildman–Crippen MR) is 78.8 cm³/mol. The van der Waals surface area contributed by atoms with Crippen LogP contribution in [0.15, 0.2) is 18.2 Å². The maximum Gasteiger partial charge on any atom is 0.238 e. The summed E-state index contributed by atoms with van der Waals surface area (Å²) in [6, 6.07) is 5.49. The van der Waals surface area contributed by atoms with Crippen molar-refractivity contribution in [1.29, 1.82) is 0 Å². The second-order valence-corrected chi connectivity index (χ2v) is 5.52. The number of anilines is 1. The van der Waals surface area contributed by atoms with Crippen molar-refractivity contribution >= 4 is 23.2 Å². The molecule has 1 aliphatic rings. The number of nitrogens with one attached hydrogen (secondary N) is 1. The van der Waals surface area contributed by atoms with Gasteiger partial charge in [-0.3, -0.25) is 9.69 Å². The van der Waals surface area contributed by atoms with E-state index in [2.05, 4.69) is 22.2 Å². The number of benzene rings is 1. The van der Waals surface area contributed by atoms with E-state index in [0.717, 1.165) is 37.4 Å². The van der Waals surface area contributed by atoms with Gasteiger partial charge in [0.2, 0.25) is 5.91 Å². The summed E-state index contributed by atoms with van der Waals surface area (Å²) in [7, 11) is 2.11. The monoisotopic (exact) mass is 281 g/mol. The van der Waals surface area contributed by atoms with Gasteiger partial charge in [0.1, 0.15) is 0 Å². The SMILES string of the molecule is Cc1cc(Cl)ccc1NC(=O)CN1CCN(C)CC1. The lowest BCUT2D eigenvalue weighted by Crippen LogP contribution is -2.47. The second kappa shape index (κ2) is 6.37. The Kier molecular flexibility index (Phi) is 4.80. The molecule has 0 unspecified atom stereocenters. The van der Waals surface area contributed by atoms with E-state index >= 15 is 0 Å². The van der Waals surface area contributed by atoms with Crippen LogP contribution in [-0.4, -0.2) is 55.5 Å². The van der Waals surface area contributed by atoms with Crippen molar-refractivity contribution in [3.63, 3.8) is 0 Å². The van der Waals surface area contributed by atoms with E-state index < -0.39 is 0 Å². The number of hydrogen-bond acceptors (Lipinski definition) is 3.